The molecule has 2 aromatic carbocycles. The van der Waals surface area contributed by atoms with E-state index in [-0.39, 0.29) is 18.1 Å². The summed E-state index contributed by atoms with van der Waals surface area (Å²) in [6.07, 6.45) is 3.16. The molecule has 8 nitrogen and oxygen atoms in total. The zero-order chi connectivity index (χ0) is 21.5. The van der Waals surface area contributed by atoms with Crippen molar-refractivity contribution < 1.29 is 24.6 Å². The van der Waals surface area contributed by atoms with Crippen LogP contribution in [0.3, 0.4) is 0 Å². The third-order valence-electron chi connectivity index (χ3n) is 5.03. The topological polar surface area (TPSA) is 102 Å². The Morgan fingerprint density at radius 2 is 1.87 bits per heavy atom. The van der Waals surface area contributed by atoms with E-state index in [2.05, 4.69) is 4.90 Å². The average Bonchev–Trinajstić information content (AvgIpc) is 2.79. The molecule has 0 unspecified atom stereocenters. The van der Waals surface area contributed by atoms with Crippen molar-refractivity contribution in [1.29, 1.82) is 0 Å². The molecule has 1 saturated heterocycles. The molecule has 0 aromatic heterocycles. The fourth-order valence-corrected chi connectivity index (χ4v) is 3.43. The zero-order valence-electron chi connectivity index (χ0n) is 16.7. The average molecular weight is 411 g/mol. The second-order valence-electron chi connectivity index (χ2n) is 6.92. The number of hydrogen-bond donors (Lipinski definition) is 3. The van der Waals surface area contributed by atoms with Gasteiger partial charge in [0.25, 0.3) is 5.91 Å². The molecule has 0 bridgehead atoms. The predicted molar refractivity (Wildman–Crippen MR) is 113 cm³/mol. The van der Waals surface area contributed by atoms with Gasteiger partial charge in [-0.25, -0.2) is 5.48 Å². The molecule has 1 heterocycles. The molecule has 0 spiro atoms. The number of ether oxygens (including phenoxy) is 1. The van der Waals surface area contributed by atoms with Crippen LogP contribution in [0.2, 0.25) is 0 Å². The third kappa shape index (κ3) is 5.09. The van der Waals surface area contributed by atoms with Gasteiger partial charge in [-0.3, -0.25) is 14.8 Å². The van der Waals surface area contributed by atoms with Crippen LogP contribution in [0.25, 0.3) is 6.08 Å². The van der Waals surface area contributed by atoms with Gasteiger partial charge >= 0.3 is 0 Å². The lowest BCUT2D eigenvalue weighted by Crippen LogP contribution is -2.49. The number of nitrogens with one attached hydrogen (secondary N) is 1. The molecule has 0 atom stereocenters. The molecule has 158 valence electrons. The number of phenols is 1. The maximum absolute atomic E-state index is 12.7. The Labute approximate surface area is 174 Å². The van der Waals surface area contributed by atoms with Gasteiger partial charge in [-0.05, 0) is 35.4 Å². The quantitative estimate of drug-likeness (QED) is 0.381. The van der Waals surface area contributed by atoms with E-state index in [4.69, 9.17) is 9.94 Å². The number of amides is 2. The van der Waals surface area contributed by atoms with Gasteiger partial charge in [0, 0.05) is 37.9 Å². The molecule has 0 saturated carbocycles. The van der Waals surface area contributed by atoms with E-state index in [1.165, 1.54) is 19.3 Å². The highest BCUT2D eigenvalue weighted by atomic mass is 16.5. The molecule has 30 heavy (non-hydrogen) atoms. The Morgan fingerprint density at radius 1 is 1.13 bits per heavy atom. The number of anilines is 1. The van der Waals surface area contributed by atoms with Gasteiger partial charge in [-0.15, -0.1) is 0 Å². The van der Waals surface area contributed by atoms with E-state index in [0.29, 0.717) is 31.9 Å². The van der Waals surface area contributed by atoms with Gasteiger partial charge in [0.2, 0.25) is 5.91 Å². The number of carbonyl (C=O) groups excluding carboxylic acids is 2. The highest BCUT2D eigenvalue weighted by Crippen LogP contribution is 2.27. The Balaban J connectivity index is 1.62. The first-order chi connectivity index (χ1) is 14.5. The van der Waals surface area contributed by atoms with Crippen LogP contribution in [0, 0.1) is 0 Å². The number of nitrogens with zero attached hydrogens (tertiary/aromatic N) is 2. The highest BCUT2D eigenvalue weighted by Gasteiger charge is 2.22. The molecular formula is C22H25N3O5. The maximum Gasteiger partial charge on any atom is 0.267 e. The first-order valence-corrected chi connectivity index (χ1v) is 9.61. The summed E-state index contributed by atoms with van der Waals surface area (Å²) in [4.78, 5) is 28.0. The summed E-state index contributed by atoms with van der Waals surface area (Å²) in [5.74, 6) is -0.169. The van der Waals surface area contributed by atoms with Crippen molar-refractivity contribution in [3.63, 3.8) is 0 Å². The number of para-hydroxylation sites is 1. The minimum Gasteiger partial charge on any atom is -0.504 e. The number of phenolic OH excluding ortho intramolecular Hbond substituents is 1. The van der Waals surface area contributed by atoms with E-state index in [1.807, 2.05) is 29.2 Å². The Kier molecular flexibility index (Phi) is 6.92. The molecule has 1 fully saturated rings. The third-order valence-corrected chi connectivity index (χ3v) is 5.03. The molecule has 0 aliphatic carbocycles. The monoisotopic (exact) mass is 411 g/mol. The second kappa shape index (κ2) is 9.80. The van der Waals surface area contributed by atoms with Crippen molar-refractivity contribution in [3.05, 3.63) is 59.7 Å². The molecule has 2 aromatic rings. The molecule has 3 N–H and O–H groups in total. The van der Waals surface area contributed by atoms with E-state index in [9.17, 15) is 14.7 Å². The second-order valence-corrected chi connectivity index (χ2v) is 6.92. The number of rotatable bonds is 6. The Bertz CT molecular complexity index is 936. The number of hydrogen-bond acceptors (Lipinski definition) is 6. The maximum atomic E-state index is 12.7. The summed E-state index contributed by atoms with van der Waals surface area (Å²) >= 11 is 0. The summed E-state index contributed by atoms with van der Waals surface area (Å²) in [7, 11) is 1.48. The highest BCUT2D eigenvalue weighted by molar-refractivity contribution is 5.92. The van der Waals surface area contributed by atoms with Crippen LogP contribution in [0.4, 0.5) is 5.69 Å². The van der Waals surface area contributed by atoms with Crippen LogP contribution in [0.15, 0.2) is 48.5 Å². The lowest BCUT2D eigenvalue weighted by molar-refractivity contribution is -0.130. The number of methoxy groups -OCH3 is 1. The van der Waals surface area contributed by atoms with E-state index < -0.39 is 5.91 Å². The molecule has 0 radical (unpaired) electrons. The van der Waals surface area contributed by atoms with Crippen molar-refractivity contribution in [2.24, 2.45) is 0 Å². The van der Waals surface area contributed by atoms with Crippen molar-refractivity contribution in [3.8, 4) is 11.5 Å². The molecular weight excluding hydrogens is 386 g/mol. The van der Waals surface area contributed by atoms with Crippen molar-refractivity contribution in [2.75, 3.05) is 38.2 Å². The minimum absolute atomic E-state index is 0.0233. The fourth-order valence-electron chi connectivity index (χ4n) is 3.43. The van der Waals surface area contributed by atoms with E-state index in [1.54, 1.807) is 23.7 Å². The van der Waals surface area contributed by atoms with Crippen LogP contribution in [-0.4, -0.2) is 60.3 Å². The first-order valence-electron chi connectivity index (χ1n) is 9.61. The summed E-state index contributed by atoms with van der Waals surface area (Å²) in [6.45, 7) is 2.51. The standard InChI is InChI=1S/C22H25N3O5/c1-30-20-14-16(6-8-19(20)26)15-22(28)25-12-10-24(11-13-25)18-5-3-2-4-17(18)7-9-21(27)23-29/h2-9,14,26,29H,10-13,15H2,1H3,(H,23,27)/b9-7+. The molecule has 8 heteroatoms. The largest absolute Gasteiger partial charge is 0.504 e. The first kappa shape index (κ1) is 21.2. The summed E-state index contributed by atoms with van der Waals surface area (Å²) < 4.78 is 5.10. The van der Waals surface area contributed by atoms with Gasteiger partial charge in [-0.2, -0.15) is 0 Å². The van der Waals surface area contributed by atoms with E-state index >= 15 is 0 Å². The SMILES string of the molecule is COc1cc(CC(=O)N2CCN(c3ccccc3/C=C/C(=O)NO)CC2)ccc1O. The van der Waals surface area contributed by atoms with Crippen LogP contribution >= 0.6 is 0 Å². The number of piperazine rings is 1. The van der Waals surface area contributed by atoms with Crippen LogP contribution in [0.1, 0.15) is 11.1 Å². The Hall–Kier alpha value is -3.52. The number of benzene rings is 2. The lowest BCUT2D eigenvalue weighted by atomic mass is 10.1. The molecule has 1 aliphatic heterocycles. The number of carbonyl (C=O) groups is 2. The molecule has 2 amide bonds. The number of aromatic hydroxyl groups is 1. The van der Waals surface area contributed by atoms with Crippen LogP contribution in [0.5, 0.6) is 11.5 Å². The Morgan fingerprint density at radius 3 is 2.57 bits per heavy atom. The van der Waals surface area contributed by atoms with Gasteiger partial charge in [0.1, 0.15) is 0 Å². The zero-order valence-corrected chi connectivity index (χ0v) is 16.7. The van der Waals surface area contributed by atoms with Crippen molar-refractivity contribution >= 4 is 23.6 Å². The van der Waals surface area contributed by atoms with Gasteiger partial charge in [0.05, 0.1) is 13.5 Å². The minimum atomic E-state index is -0.592. The van der Waals surface area contributed by atoms with Crippen molar-refractivity contribution in [2.45, 2.75) is 6.42 Å². The summed E-state index contributed by atoms with van der Waals surface area (Å²) in [5, 5.41) is 18.3. The predicted octanol–water partition coefficient (Wildman–Crippen LogP) is 1.81. The normalized spacial score (nSPS) is 14.1. The fraction of sp³-hybridized carbons (Fsp3) is 0.273. The summed E-state index contributed by atoms with van der Waals surface area (Å²) in [6, 6.07) is 12.6. The molecule has 3 rings (SSSR count). The smallest absolute Gasteiger partial charge is 0.267 e. The van der Waals surface area contributed by atoms with Crippen LogP contribution in [-0.2, 0) is 16.0 Å². The van der Waals surface area contributed by atoms with Gasteiger partial charge < -0.3 is 19.6 Å². The summed E-state index contributed by atoms with van der Waals surface area (Å²) in [5.41, 5.74) is 4.19. The van der Waals surface area contributed by atoms with Gasteiger partial charge in [-0.1, -0.05) is 24.3 Å². The number of hydroxylamine groups is 1. The molecule has 1 aliphatic rings. The van der Waals surface area contributed by atoms with Gasteiger partial charge in [0.15, 0.2) is 11.5 Å². The van der Waals surface area contributed by atoms with Crippen molar-refractivity contribution in [1.82, 2.24) is 10.4 Å². The lowest BCUT2D eigenvalue weighted by Gasteiger charge is -2.37. The van der Waals surface area contributed by atoms with Crippen LogP contribution < -0.4 is 15.1 Å². The van der Waals surface area contributed by atoms with E-state index in [0.717, 1.165) is 16.8 Å².